The Morgan fingerprint density at radius 3 is 2.35 bits per heavy atom. The molecule has 0 aliphatic heterocycles. The van der Waals surface area contributed by atoms with Crippen LogP contribution in [0.15, 0.2) is 27.6 Å². The second-order valence-electron chi connectivity index (χ2n) is 4.35. The molecule has 0 atom stereocenters. The lowest BCUT2D eigenvalue weighted by Crippen LogP contribution is -2.52. The molecular weight excluding hydrogens is 387 g/mol. The fraction of sp³-hybridized carbons (Fsp3) is 0.500. The average molecular weight is 406 g/mol. The van der Waals surface area contributed by atoms with Crippen molar-refractivity contribution in [2.24, 2.45) is 5.73 Å². The van der Waals surface area contributed by atoms with Crippen LogP contribution in [-0.2, 0) is 10.0 Å². The standard InChI is InChI=1S/C12H18BrClN2O2S.ClH/c1-3-12(4-2,8-15)16-19(17,18)10-7-5-6-9(13)11(10)14;/h5-7,16H,3-4,8,15H2,1-2H3;1H. The van der Waals surface area contributed by atoms with Gasteiger partial charge in [0.25, 0.3) is 0 Å². The van der Waals surface area contributed by atoms with Crippen LogP contribution in [0.25, 0.3) is 0 Å². The Balaban J connectivity index is 0.00000361. The molecule has 0 spiro atoms. The second-order valence-corrected chi connectivity index (χ2v) is 7.23. The molecule has 0 aromatic heterocycles. The molecule has 0 fully saturated rings. The molecule has 116 valence electrons. The lowest BCUT2D eigenvalue weighted by molar-refractivity contribution is 0.363. The van der Waals surface area contributed by atoms with Gasteiger partial charge in [0.1, 0.15) is 4.90 Å². The van der Waals surface area contributed by atoms with Gasteiger partial charge in [0, 0.05) is 16.6 Å². The molecule has 1 aromatic carbocycles. The van der Waals surface area contributed by atoms with Crippen LogP contribution >= 0.6 is 39.9 Å². The second kappa shape index (κ2) is 7.96. The minimum atomic E-state index is -3.70. The van der Waals surface area contributed by atoms with Crippen molar-refractivity contribution in [3.8, 4) is 0 Å². The smallest absolute Gasteiger partial charge is 0.242 e. The molecule has 0 aliphatic rings. The van der Waals surface area contributed by atoms with E-state index in [0.717, 1.165) is 0 Å². The third-order valence-corrected chi connectivity index (χ3v) is 6.33. The molecule has 1 aromatic rings. The summed E-state index contributed by atoms with van der Waals surface area (Å²) in [5.74, 6) is 0. The van der Waals surface area contributed by atoms with Crippen molar-refractivity contribution >= 4 is 50.0 Å². The average Bonchev–Trinajstić information content (AvgIpc) is 2.39. The number of nitrogens with one attached hydrogen (secondary N) is 1. The van der Waals surface area contributed by atoms with Gasteiger partial charge in [-0.05, 0) is 40.9 Å². The zero-order chi connectivity index (χ0) is 14.7. The summed E-state index contributed by atoms with van der Waals surface area (Å²) in [6, 6.07) is 4.80. The minimum Gasteiger partial charge on any atom is -0.329 e. The van der Waals surface area contributed by atoms with E-state index in [2.05, 4.69) is 20.7 Å². The van der Waals surface area contributed by atoms with Crippen LogP contribution in [0.3, 0.4) is 0 Å². The number of sulfonamides is 1. The van der Waals surface area contributed by atoms with E-state index >= 15 is 0 Å². The first-order chi connectivity index (χ1) is 8.82. The van der Waals surface area contributed by atoms with E-state index in [4.69, 9.17) is 17.3 Å². The highest BCUT2D eigenvalue weighted by Crippen LogP contribution is 2.30. The Kier molecular flexibility index (Phi) is 8.02. The van der Waals surface area contributed by atoms with E-state index in [1.807, 2.05) is 13.8 Å². The van der Waals surface area contributed by atoms with Crippen molar-refractivity contribution in [1.82, 2.24) is 4.72 Å². The van der Waals surface area contributed by atoms with Crippen molar-refractivity contribution in [2.75, 3.05) is 6.54 Å². The summed E-state index contributed by atoms with van der Waals surface area (Å²) in [5.41, 5.74) is 5.08. The number of hydrogen-bond donors (Lipinski definition) is 2. The van der Waals surface area contributed by atoms with Gasteiger partial charge in [0.05, 0.1) is 5.02 Å². The van der Waals surface area contributed by atoms with Crippen molar-refractivity contribution in [3.63, 3.8) is 0 Å². The van der Waals surface area contributed by atoms with Crippen molar-refractivity contribution in [1.29, 1.82) is 0 Å². The zero-order valence-electron chi connectivity index (χ0n) is 11.3. The third kappa shape index (κ3) is 4.32. The summed E-state index contributed by atoms with van der Waals surface area (Å²) < 4.78 is 28.1. The van der Waals surface area contributed by atoms with Gasteiger partial charge in [0.2, 0.25) is 10.0 Å². The first-order valence-corrected chi connectivity index (χ1v) is 8.65. The number of nitrogens with two attached hydrogens (primary N) is 1. The fourth-order valence-corrected chi connectivity index (χ4v) is 4.34. The first kappa shape index (κ1) is 20.1. The summed E-state index contributed by atoms with van der Waals surface area (Å²) in [6.07, 6.45) is 1.23. The molecule has 0 radical (unpaired) electrons. The Hall–Kier alpha value is 0.150. The van der Waals surface area contributed by atoms with Gasteiger partial charge in [-0.1, -0.05) is 31.5 Å². The summed E-state index contributed by atoms with van der Waals surface area (Å²) in [6.45, 7) is 4.05. The molecular formula is C12H19BrCl2N2O2S. The van der Waals surface area contributed by atoms with Gasteiger partial charge in [0.15, 0.2) is 0 Å². The fourth-order valence-electron chi connectivity index (χ4n) is 1.76. The largest absolute Gasteiger partial charge is 0.329 e. The van der Waals surface area contributed by atoms with Crippen molar-refractivity contribution < 1.29 is 8.42 Å². The predicted molar refractivity (Wildman–Crippen MR) is 89.1 cm³/mol. The van der Waals surface area contributed by atoms with E-state index in [0.29, 0.717) is 17.3 Å². The van der Waals surface area contributed by atoms with Gasteiger partial charge in [-0.25, -0.2) is 13.1 Å². The van der Waals surface area contributed by atoms with E-state index in [-0.39, 0.29) is 28.9 Å². The summed E-state index contributed by atoms with van der Waals surface area (Å²) in [5, 5.41) is 0.174. The molecule has 0 saturated carbocycles. The number of halogens is 3. The first-order valence-electron chi connectivity index (χ1n) is 6.00. The normalized spacial score (nSPS) is 12.1. The van der Waals surface area contributed by atoms with Crippen LogP contribution < -0.4 is 10.5 Å². The van der Waals surface area contributed by atoms with Crippen LogP contribution in [0.5, 0.6) is 0 Å². The van der Waals surface area contributed by atoms with E-state index in [9.17, 15) is 8.42 Å². The topological polar surface area (TPSA) is 72.2 Å². The molecule has 3 N–H and O–H groups in total. The van der Waals surface area contributed by atoms with Crippen LogP contribution in [0.1, 0.15) is 26.7 Å². The molecule has 0 bridgehead atoms. The molecule has 0 saturated heterocycles. The maximum atomic E-state index is 12.4. The summed E-state index contributed by atoms with van der Waals surface area (Å²) >= 11 is 9.26. The van der Waals surface area contributed by atoms with Crippen LogP contribution in [0, 0.1) is 0 Å². The summed E-state index contributed by atoms with van der Waals surface area (Å²) in [4.78, 5) is 0.0586. The predicted octanol–water partition coefficient (Wildman–Crippen LogP) is 3.32. The number of hydrogen-bond acceptors (Lipinski definition) is 3. The van der Waals surface area contributed by atoms with E-state index in [1.165, 1.54) is 6.07 Å². The number of benzene rings is 1. The Morgan fingerprint density at radius 1 is 1.35 bits per heavy atom. The lowest BCUT2D eigenvalue weighted by Gasteiger charge is -2.31. The van der Waals surface area contributed by atoms with Gasteiger partial charge < -0.3 is 5.73 Å². The number of rotatable bonds is 6. The van der Waals surface area contributed by atoms with Crippen LogP contribution in [-0.4, -0.2) is 20.5 Å². The van der Waals surface area contributed by atoms with E-state index in [1.54, 1.807) is 12.1 Å². The highest BCUT2D eigenvalue weighted by atomic mass is 79.9. The SMILES string of the molecule is CCC(CC)(CN)NS(=O)(=O)c1cccc(Br)c1Cl.Cl. The highest BCUT2D eigenvalue weighted by Gasteiger charge is 2.32. The van der Waals surface area contributed by atoms with Gasteiger partial charge >= 0.3 is 0 Å². The molecule has 8 heteroatoms. The molecule has 1 rings (SSSR count). The van der Waals surface area contributed by atoms with Crippen LogP contribution in [0.4, 0.5) is 0 Å². The van der Waals surface area contributed by atoms with Crippen molar-refractivity contribution in [3.05, 3.63) is 27.7 Å². The Morgan fingerprint density at radius 2 is 1.90 bits per heavy atom. The van der Waals surface area contributed by atoms with Crippen molar-refractivity contribution in [2.45, 2.75) is 37.1 Å². The summed E-state index contributed by atoms with van der Waals surface area (Å²) in [7, 11) is -3.70. The molecule has 20 heavy (non-hydrogen) atoms. The lowest BCUT2D eigenvalue weighted by atomic mass is 9.95. The quantitative estimate of drug-likeness (QED) is 0.762. The molecule has 0 amide bonds. The van der Waals surface area contributed by atoms with Crippen LogP contribution in [0.2, 0.25) is 5.02 Å². The van der Waals surface area contributed by atoms with Gasteiger partial charge in [-0.3, -0.25) is 0 Å². The zero-order valence-corrected chi connectivity index (χ0v) is 15.3. The van der Waals surface area contributed by atoms with E-state index < -0.39 is 15.6 Å². The van der Waals surface area contributed by atoms with Gasteiger partial charge in [-0.15, -0.1) is 12.4 Å². The van der Waals surface area contributed by atoms with Gasteiger partial charge in [-0.2, -0.15) is 0 Å². The Bertz CT molecular complexity index is 540. The Labute approximate surface area is 140 Å². The third-order valence-electron chi connectivity index (χ3n) is 3.30. The molecule has 0 unspecified atom stereocenters. The molecule has 0 aliphatic carbocycles. The highest BCUT2D eigenvalue weighted by molar-refractivity contribution is 9.10. The minimum absolute atomic E-state index is 0. The maximum Gasteiger partial charge on any atom is 0.242 e. The maximum absolute atomic E-state index is 12.4. The molecule has 4 nitrogen and oxygen atoms in total. The monoisotopic (exact) mass is 404 g/mol. The molecule has 0 heterocycles.